The Kier molecular flexibility index (Phi) is 5.96. The summed E-state index contributed by atoms with van der Waals surface area (Å²) in [6, 6.07) is 26.0. The quantitative estimate of drug-likeness (QED) is 0.374. The summed E-state index contributed by atoms with van der Waals surface area (Å²) in [5, 5.41) is 16.1. The highest BCUT2D eigenvalue weighted by atomic mass is 32.1. The molecule has 3 rings (SSSR count). The third-order valence-electron chi connectivity index (χ3n) is 3.82. The van der Waals surface area contributed by atoms with Crippen LogP contribution in [0, 0.1) is 10.1 Å². The number of nitro benzene ring substituents is 1. The molecule has 0 saturated heterocycles. The Morgan fingerprint density at radius 3 is 2.11 bits per heavy atom. The molecule has 0 bridgehead atoms. The van der Waals surface area contributed by atoms with Crippen molar-refractivity contribution in [2.24, 2.45) is 0 Å². The van der Waals surface area contributed by atoms with Gasteiger partial charge < -0.3 is 5.32 Å². The second-order valence-electron chi connectivity index (χ2n) is 5.78. The van der Waals surface area contributed by atoms with Gasteiger partial charge in [-0.3, -0.25) is 20.5 Å². The minimum atomic E-state index is -0.433. The molecule has 0 fully saturated rings. The van der Waals surface area contributed by atoms with Crippen LogP contribution in [0.2, 0.25) is 0 Å². The highest BCUT2D eigenvalue weighted by Gasteiger charge is 2.10. The van der Waals surface area contributed by atoms with E-state index in [9.17, 15) is 10.1 Å². The van der Waals surface area contributed by atoms with Gasteiger partial charge in [-0.1, -0.05) is 48.5 Å². The van der Waals surface area contributed by atoms with Crippen LogP contribution in [0.1, 0.15) is 5.56 Å². The van der Waals surface area contributed by atoms with Crippen LogP contribution in [-0.2, 0) is 6.54 Å². The molecule has 7 heteroatoms. The lowest BCUT2D eigenvalue weighted by Gasteiger charge is -2.27. The summed E-state index contributed by atoms with van der Waals surface area (Å²) >= 11 is 5.42. The number of nitro groups is 1. The lowest BCUT2D eigenvalue weighted by atomic mass is 10.2. The molecule has 6 nitrogen and oxygen atoms in total. The van der Waals surface area contributed by atoms with E-state index in [1.165, 1.54) is 12.1 Å². The average molecular weight is 378 g/mol. The molecule has 0 heterocycles. The van der Waals surface area contributed by atoms with Crippen molar-refractivity contribution >= 4 is 34.4 Å². The van der Waals surface area contributed by atoms with Crippen molar-refractivity contribution < 1.29 is 4.92 Å². The molecule has 3 aromatic rings. The number of hydrogen-bond acceptors (Lipinski definition) is 4. The fourth-order valence-corrected chi connectivity index (χ4v) is 2.75. The third kappa shape index (κ3) is 5.26. The van der Waals surface area contributed by atoms with Gasteiger partial charge in [-0.25, -0.2) is 0 Å². The Balaban J connectivity index is 1.71. The maximum absolute atomic E-state index is 10.8. The van der Waals surface area contributed by atoms with Crippen molar-refractivity contribution in [3.05, 3.63) is 101 Å². The number of hydrazine groups is 1. The number of nitrogens with zero attached hydrogens (tertiary/aromatic N) is 2. The predicted molar refractivity (Wildman–Crippen MR) is 112 cm³/mol. The van der Waals surface area contributed by atoms with Crippen LogP contribution in [-0.4, -0.2) is 10.0 Å². The fourth-order valence-electron chi connectivity index (χ4n) is 2.52. The van der Waals surface area contributed by atoms with Crippen molar-refractivity contribution in [3.8, 4) is 0 Å². The summed E-state index contributed by atoms with van der Waals surface area (Å²) < 4.78 is 0. The number of thiocarbonyl (C=S) groups is 1. The Morgan fingerprint density at radius 2 is 1.52 bits per heavy atom. The van der Waals surface area contributed by atoms with E-state index in [-0.39, 0.29) is 5.69 Å². The van der Waals surface area contributed by atoms with E-state index in [0.717, 1.165) is 11.3 Å². The van der Waals surface area contributed by atoms with Gasteiger partial charge in [0, 0.05) is 17.8 Å². The first-order valence-corrected chi connectivity index (χ1v) is 8.71. The van der Waals surface area contributed by atoms with Crippen LogP contribution < -0.4 is 15.8 Å². The molecule has 0 amide bonds. The number of anilines is 2. The van der Waals surface area contributed by atoms with Gasteiger partial charge in [-0.05, 0) is 42.0 Å². The van der Waals surface area contributed by atoms with Crippen molar-refractivity contribution in [3.63, 3.8) is 0 Å². The first-order valence-electron chi connectivity index (χ1n) is 8.30. The minimum Gasteiger partial charge on any atom is -0.331 e. The molecule has 0 unspecified atom stereocenters. The number of nitrogens with one attached hydrogen (secondary N) is 2. The molecular weight excluding hydrogens is 360 g/mol. The maximum atomic E-state index is 10.8. The minimum absolute atomic E-state index is 0.0365. The van der Waals surface area contributed by atoms with Gasteiger partial charge in [-0.15, -0.1) is 0 Å². The first-order chi connectivity index (χ1) is 13.1. The smallest absolute Gasteiger partial charge is 0.269 e. The third-order valence-corrected chi connectivity index (χ3v) is 4.02. The van der Waals surface area contributed by atoms with Crippen LogP contribution in [0.3, 0.4) is 0 Å². The molecule has 27 heavy (non-hydrogen) atoms. The molecular formula is C20H18N4O2S. The van der Waals surface area contributed by atoms with Gasteiger partial charge >= 0.3 is 0 Å². The van der Waals surface area contributed by atoms with E-state index >= 15 is 0 Å². The molecule has 2 N–H and O–H groups in total. The van der Waals surface area contributed by atoms with Crippen molar-refractivity contribution in [2.75, 3.05) is 10.3 Å². The molecule has 0 saturated carbocycles. The summed E-state index contributed by atoms with van der Waals surface area (Å²) in [7, 11) is 0. The summed E-state index contributed by atoms with van der Waals surface area (Å²) in [4.78, 5) is 10.3. The van der Waals surface area contributed by atoms with Crippen LogP contribution in [0.4, 0.5) is 17.1 Å². The molecule has 0 aliphatic rings. The Hall–Kier alpha value is -3.45. The lowest BCUT2D eigenvalue weighted by molar-refractivity contribution is -0.384. The van der Waals surface area contributed by atoms with E-state index in [0.29, 0.717) is 17.3 Å². The second kappa shape index (κ2) is 8.77. The Morgan fingerprint density at radius 1 is 0.926 bits per heavy atom. The highest BCUT2D eigenvalue weighted by Crippen LogP contribution is 2.17. The summed E-state index contributed by atoms with van der Waals surface area (Å²) in [6.45, 7) is 0.618. The van der Waals surface area contributed by atoms with Gasteiger partial charge in [0.05, 0.1) is 17.2 Å². The van der Waals surface area contributed by atoms with Gasteiger partial charge in [0.1, 0.15) is 0 Å². The predicted octanol–water partition coefficient (Wildman–Crippen LogP) is 4.50. The number of para-hydroxylation sites is 1. The van der Waals surface area contributed by atoms with Crippen LogP contribution >= 0.6 is 12.2 Å². The SMILES string of the molecule is O=[N+]([O-])c1ccc(NC(=S)NN(Cc2ccccc2)c2ccccc2)cc1. The van der Waals surface area contributed by atoms with E-state index in [4.69, 9.17) is 12.2 Å². The zero-order chi connectivity index (χ0) is 19.1. The van der Waals surface area contributed by atoms with Crippen LogP contribution in [0.25, 0.3) is 0 Å². The average Bonchev–Trinajstić information content (AvgIpc) is 2.69. The standard InChI is InChI=1S/C20H18N4O2S/c25-24(26)19-13-11-17(12-14-19)21-20(27)22-23(18-9-5-2-6-10-18)15-16-7-3-1-4-8-16/h1-14H,15H2,(H2,21,22,27). The normalized spacial score (nSPS) is 10.1. The number of hydrogen-bond donors (Lipinski definition) is 2. The van der Waals surface area contributed by atoms with E-state index < -0.39 is 4.92 Å². The molecule has 0 spiro atoms. The molecule has 136 valence electrons. The zero-order valence-corrected chi connectivity index (χ0v) is 15.2. The largest absolute Gasteiger partial charge is 0.331 e. The van der Waals surface area contributed by atoms with E-state index in [1.54, 1.807) is 12.1 Å². The van der Waals surface area contributed by atoms with Crippen LogP contribution in [0.15, 0.2) is 84.9 Å². The monoisotopic (exact) mass is 378 g/mol. The number of non-ortho nitro benzene ring substituents is 1. The van der Waals surface area contributed by atoms with Crippen LogP contribution in [0.5, 0.6) is 0 Å². The van der Waals surface area contributed by atoms with E-state index in [1.807, 2.05) is 65.7 Å². The molecule has 0 aromatic heterocycles. The molecule has 0 radical (unpaired) electrons. The van der Waals surface area contributed by atoms with Crippen molar-refractivity contribution in [1.82, 2.24) is 5.43 Å². The van der Waals surface area contributed by atoms with Crippen molar-refractivity contribution in [2.45, 2.75) is 6.54 Å². The number of benzene rings is 3. The first kappa shape index (κ1) is 18.3. The molecule has 0 aliphatic carbocycles. The van der Waals surface area contributed by atoms with Gasteiger partial charge in [0.2, 0.25) is 0 Å². The molecule has 0 aliphatic heterocycles. The van der Waals surface area contributed by atoms with Gasteiger partial charge in [0.15, 0.2) is 5.11 Å². The zero-order valence-electron chi connectivity index (χ0n) is 14.4. The number of rotatable bonds is 6. The Labute approximate surface area is 162 Å². The molecule has 3 aromatic carbocycles. The summed E-state index contributed by atoms with van der Waals surface area (Å²) in [5.41, 5.74) is 5.99. The Bertz CT molecular complexity index is 902. The highest BCUT2D eigenvalue weighted by molar-refractivity contribution is 7.80. The summed E-state index contributed by atoms with van der Waals surface area (Å²) in [6.07, 6.45) is 0. The van der Waals surface area contributed by atoms with Gasteiger partial charge in [0.25, 0.3) is 5.69 Å². The van der Waals surface area contributed by atoms with Crippen molar-refractivity contribution in [1.29, 1.82) is 0 Å². The lowest BCUT2D eigenvalue weighted by Crippen LogP contribution is -2.44. The topological polar surface area (TPSA) is 70.4 Å². The summed E-state index contributed by atoms with van der Waals surface area (Å²) in [5.74, 6) is 0. The van der Waals surface area contributed by atoms with Gasteiger partial charge in [-0.2, -0.15) is 0 Å². The second-order valence-corrected chi connectivity index (χ2v) is 6.19. The molecule has 0 atom stereocenters. The fraction of sp³-hybridized carbons (Fsp3) is 0.0500. The van der Waals surface area contributed by atoms with E-state index in [2.05, 4.69) is 10.7 Å². The maximum Gasteiger partial charge on any atom is 0.269 e.